The summed E-state index contributed by atoms with van der Waals surface area (Å²) in [6.45, 7) is 5.25. The zero-order valence-corrected chi connectivity index (χ0v) is 14.3. The van der Waals surface area contributed by atoms with Gasteiger partial charge >= 0.3 is 0 Å². The van der Waals surface area contributed by atoms with E-state index in [1.54, 1.807) is 11.3 Å². The number of hydrogen-bond acceptors (Lipinski definition) is 3. The van der Waals surface area contributed by atoms with Gasteiger partial charge in [-0.25, -0.2) is 0 Å². The number of likely N-dealkylation sites (N-methyl/N-ethyl adjacent to an activating group) is 1. The van der Waals surface area contributed by atoms with E-state index in [9.17, 15) is 0 Å². The fourth-order valence-corrected chi connectivity index (χ4v) is 4.62. The first-order valence-electron chi connectivity index (χ1n) is 5.83. The van der Waals surface area contributed by atoms with Crippen LogP contribution in [-0.2, 0) is 6.42 Å². The molecule has 98 valence electrons. The molecule has 0 amide bonds. The molecule has 5 heteroatoms. The summed E-state index contributed by atoms with van der Waals surface area (Å²) in [6.07, 6.45) is 0.998. The van der Waals surface area contributed by atoms with Crippen molar-refractivity contribution in [2.75, 3.05) is 6.54 Å². The lowest BCUT2D eigenvalue weighted by Gasteiger charge is -2.15. The zero-order valence-electron chi connectivity index (χ0n) is 10.3. The minimum atomic E-state index is 0.375. The van der Waals surface area contributed by atoms with Crippen molar-refractivity contribution in [3.8, 4) is 0 Å². The second kappa shape index (κ2) is 6.53. The lowest BCUT2D eigenvalue weighted by molar-refractivity contribution is 0.561. The molecule has 0 bridgehead atoms. The summed E-state index contributed by atoms with van der Waals surface area (Å²) in [6, 6.07) is 6.73. The van der Waals surface area contributed by atoms with Crippen LogP contribution in [0.5, 0.6) is 0 Å². The molecule has 0 fully saturated rings. The largest absolute Gasteiger partial charge is 0.309 e. The highest BCUT2D eigenvalue weighted by atomic mass is 79.9. The quantitative estimate of drug-likeness (QED) is 0.746. The second-order valence-electron chi connectivity index (χ2n) is 4.13. The van der Waals surface area contributed by atoms with Crippen molar-refractivity contribution in [3.63, 3.8) is 0 Å². The Hall–Kier alpha value is 0.130. The molecule has 2 aromatic heterocycles. The molecule has 18 heavy (non-hydrogen) atoms. The summed E-state index contributed by atoms with van der Waals surface area (Å²) in [5.74, 6) is 0. The SMILES string of the molecule is CCNC(Cc1ccc(Cl)s1)c1cc(C)c(Br)s1. The molecule has 1 N–H and O–H groups in total. The van der Waals surface area contributed by atoms with Crippen molar-refractivity contribution >= 4 is 50.2 Å². The van der Waals surface area contributed by atoms with Gasteiger partial charge in [0.2, 0.25) is 0 Å². The summed E-state index contributed by atoms with van der Waals surface area (Å²) in [7, 11) is 0. The van der Waals surface area contributed by atoms with Crippen LogP contribution >= 0.6 is 50.2 Å². The van der Waals surface area contributed by atoms with E-state index >= 15 is 0 Å². The van der Waals surface area contributed by atoms with Gasteiger partial charge in [-0.15, -0.1) is 22.7 Å². The maximum atomic E-state index is 5.99. The Bertz CT molecular complexity index is 501. The van der Waals surface area contributed by atoms with Crippen LogP contribution in [0.15, 0.2) is 22.0 Å². The van der Waals surface area contributed by atoms with Crippen molar-refractivity contribution < 1.29 is 0 Å². The van der Waals surface area contributed by atoms with Crippen molar-refractivity contribution in [2.45, 2.75) is 26.3 Å². The third-order valence-corrected chi connectivity index (χ3v) is 6.21. The van der Waals surface area contributed by atoms with Crippen molar-refractivity contribution in [1.82, 2.24) is 5.32 Å². The van der Waals surface area contributed by atoms with E-state index in [2.05, 4.69) is 47.2 Å². The molecule has 0 aliphatic heterocycles. The van der Waals surface area contributed by atoms with Gasteiger partial charge in [-0.05, 0) is 53.2 Å². The van der Waals surface area contributed by atoms with Crippen LogP contribution in [0.1, 0.15) is 28.3 Å². The lowest BCUT2D eigenvalue weighted by atomic mass is 10.1. The van der Waals surface area contributed by atoms with E-state index < -0.39 is 0 Å². The average molecular weight is 365 g/mol. The second-order valence-corrected chi connectivity index (χ2v) is 8.33. The molecule has 1 nitrogen and oxygen atoms in total. The fourth-order valence-electron chi connectivity index (χ4n) is 1.84. The van der Waals surface area contributed by atoms with Gasteiger partial charge in [-0.2, -0.15) is 0 Å². The van der Waals surface area contributed by atoms with Crippen LogP contribution in [0.2, 0.25) is 4.34 Å². The minimum absolute atomic E-state index is 0.375. The average Bonchev–Trinajstić information content (AvgIpc) is 2.86. The molecular weight excluding hydrogens is 350 g/mol. The number of thiophene rings is 2. The predicted molar refractivity (Wildman–Crippen MR) is 86.2 cm³/mol. The molecule has 1 atom stereocenters. The monoisotopic (exact) mass is 363 g/mol. The lowest BCUT2D eigenvalue weighted by Crippen LogP contribution is -2.21. The number of halogens is 2. The molecule has 1 unspecified atom stereocenters. The van der Waals surface area contributed by atoms with E-state index in [-0.39, 0.29) is 0 Å². The smallest absolute Gasteiger partial charge is 0.0931 e. The number of rotatable bonds is 5. The topological polar surface area (TPSA) is 12.0 Å². The molecule has 0 spiro atoms. The van der Waals surface area contributed by atoms with Crippen LogP contribution in [-0.4, -0.2) is 6.54 Å². The Morgan fingerprint density at radius 3 is 2.67 bits per heavy atom. The molecule has 0 saturated heterocycles. The summed E-state index contributed by atoms with van der Waals surface area (Å²) in [5, 5.41) is 3.55. The fraction of sp³-hybridized carbons (Fsp3) is 0.385. The third kappa shape index (κ3) is 3.58. The predicted octanol–water partition coefficient (Wildman–Crippen LogP) is 5.43. The molecular formula is C13H15BrClNS2. The van der Waals surface area contributed by atoms with Crippen LogP contribution in [0.4, 0.5) is 0 Å². The van der Waals surface area contributed by atoms with Crippen LogP contribution < -0.4 is 5.32 Å². The van der Waals surface area contributed by atoms with Gasteiger partial charge in [0.05, 0.1) is 8.12 Å². The van der Waals surface area contributed by atoms with Gasteiger partial charge in [-0.3, -0.25) is 0 Å². The van der Waals surface area contributed by atoms with Gasteiger partial charge in [0.1, 0.15) is 0 Å². The van der Waals surface area contributed by atoms with Crippen molar-refractivity contribution in [3.05, 3.63) is 41.6 Å². The Balaban J connectivity index is 2.17. The third-order valence-electron chi connectivity index (χ3n) is 2.70. The summed E-state index contributed by atoms with van der Waals surface area (Å²) in [4.78, 5) is 2.71. The van der Waals surface area contributed by atoms with E-state index in [4.69, 9.17) is 11.6 Å². The number of aryl methyl sites for hydroxylation is 1. The first-order valence-corrected chi connectivity index (χ1v) is 8.64. The van der Waals surface area contributed by atoms with E-state index in [0.717, 1.165) is 17.3 Å². The molecule has 2 rings (SSSR count). The first kappa shape index (κ1) is 14.5. The van der Waals surface area contributed by atoms with Gasteiger partial charge in [0.25, 0.3) is 0 Å². The Labute approximate surface area is 129 Å². The Kier molecular flexibility index (Phi) is 5.27. The molecule has 0 saturated carbocycles. The highest BCUT2D eigenvalue weighted by Gasteiger charge is 2.16. The van der Waals surface area contributed by atoms with Crippen molar-refractivity contribution in [2.24, 2.45) is 0 Å². The van der Waals surface area contributed by atoms with E-state index in [1.165, 1.54) is 19.1 Å². The Morgan fingerprint density at radius 1 is 1.39 bits per heavy atom. The highest BCUT2D eigenvalue weighted by Crippen LogP contribution is 2.34. The van der Waals surface area contributed by atoms with Gasteiger partial charge in [0.15, 0.2) is 0 Å². The maximum Gasteiger partial charge on any atom is 0.0931 e. The minimum Gasteiger partial charge on any atom is -0.309 e. The van der Waals surface area contributed by atoms with Gasteiger partial charge < -0.3 is 5.32 Å². The normalized spacial score (nSPS) is 12.9. The van der Waals surface area contributed by atoms with Crippen LogP contribution in [0.3, 0.4) is 0 Å². The summed E-state index contributed by atoms with van der Waals surface area (Å²) < 4.78 is 2.09. The molecule has 0 radical (unpaired) electrons. The highest BCUT2D eigenvalue weighted by molar-refractivity contribution is 9.11. The van der Waals surface area contributed by atoms with Crippen LogP contribution in [0.25, 0.3) is 0 Å². The summed E-state index contributed by atoms with van der Waals surface area (Å²) >= 11 is 13.1. The first-order chi connectivity index (χ1) is 8.60. The standard InChI is InChI=1S/C13H15BrClNS2/c1-3-16-10(7-9-4-5-12(15)17-9)11-6-8(2)13(14)18-11/h4-6,10,16H,3,7H2,1-2H3. The van der Waals surface area contributed by atoms with E-state index in [0.29, 0.717) is 6.04 Å². The number of hydrogen-bond donors (Lipinski definition) is 1. The van der Waals surface area contributed by atoms with Gasteiger partial charge in [0, 0.05) is 22.2 Å². The van der Waals surface area contributed by atoms with E-state index in [1.807, 2.05) is 17.4 Å². The van der Waals surface area contributed by atoms with Crippen molar-refractivity contribution in [1.29, 1.82) is 0 Å². The molecule has 0 aromatic carbocycles. The molecule has 2 heterocycles. The molecule has 0 aliphatic carbocycles. The number of nitrogens with one attached hydrogen (secondary N) is 1. The zero-order chi connectivity index (χ0) is 13.1. The Morgan fingerprint density at radius 2 is 2.17 bits per heavy atom. The summed E-state index contributed by atoms with van der Waals surface area (Å²) in [5.41, 5.74) is 1.31. The maximum absolute atomic E-state index is 5.99. The van der Waals surface area contributed by atoms with Crippen LogP contribution in [0, 0.1) is 6.92 Å². The molecule has 0 aliphatic rings. The molecule has 2 aromatic rings. The van der Waals surface area contributed by atoms with Gasteiger partial charge in [-0.1, -0.05) is 18.5 Å².